The topological polar surface area (TPSA) is 53.7 Å². The maximum Gasteiger partial charge on any atom is 0.236 e. The molecule has 1 aliphatic carbocycles. The van der Waals surface area contributed by atoms with Crippen LogP contribution in [-0.2, 0) is 6.54 Å². The summed E-state index contributed by atoms with van der Waals surface area (Å²) >= 11 is 1.64. The van der Waals surface area contributed by atoms with Crippen molar-refractivity contribution in [3.8, 4) is 10.8 Å². The normalized spacial score (nSPS) is 20.2. The van der Waals surface area contributed by atoms with Crippen molar-refractivity contribution in [2.75, 3.05) is 20.1 Å². The predicted molar refractivity (Wildman–Crippen MR) is 97.1 cm³/mol. The molecule has 2 fully saturated rings. The Morgan fingerprint density at radius 1 is 1.42 bits per heavy atom. The zero-order chi connectivity index (χ0) is 16.4. The average molecular weight is 344 g/mol. The van der Waals surface area contributed by atoms with Crippen LogP contribution >= 0.6 is 11.3 Å². The predicted octanol–water partition coefficient (Wildman–Crippen LogP) is 3.74. The van der Waals surface area contributed by atoms with Crippen molar-refractivity contribution < 1.29 is 4.42 Å². The molecule has 0 amide bonds. The van der Waals surface area contributed by atoms with Gasteiger partial charge >= 0.3 is 0 Å². The molecule has 0 aromatic carbocycles. The molecule has 2 aromatic heterocycles. The maximum atomic E-state index is 5.58. The summed E-state index contributed by atoms with van der Waals surface area (Å²) in [6, 6.07) is 4.04. The molecule has 1 saturated carbocycles. The molecule has 1 saturated heterocycles. The molecule has 0 atom stereocenters. The van der Waals surface area contributed by atoms with Crippen LogP contribution in [0.2, 0.25) is 0 Å². The first-order valence-electron chi connectivity index (χ1n) is 8.72. The number of guanidine groups is 1. The van der Waals surface area contributed by atoms with Gasteiger partial charge in [0.05, 0.1) is 17.1 Å². The van der Waals surface area contributed by atoms with Crippen LogP contribution in [0.25, 0.3) is 10.8 Å². The largest absolute Gasteiger partial charge is 0.443 e. The third-order valence-corrected chi connectivity index (χ3v) is 6.18. The van der Waals surface area contributed by atoms with Gasteiger partial charge in [-0.05, 0) is 36.1 Å². The van der Waals surface area contributed by atoms with Crippen LogP contribution in [-0.4, -0.2) is 36.0 Å². The van der Waals surface area contributed by atoms with E-state index in [2.05, 4.69) is 20.2 Å². The number of rotatable bonds is 3. The molecule has 0 radical (unpaired) electrons. The fourth-order valence-corrected chi connectivity index (χ4v) is 4.71. The lowest BCUT2D eigenvalue weighted by Crippen LogP contribution is -2.40. The van der Waals surface area contributed by atoms with Crippen LogP contribution in [0.3, 0.4) is 0 Å². The molecule has 6 heteroatoms. The van der Waals surface area contributed by atoms with Crippen molar-refractivity contribution in [1.82, 2.24) is 15.2 Å². The van der Waals surface area contributed by atoms with Gasteiger partial charge in [0.1, 0.15) is 6.26 Å². The highest BCUT2D eigenvalue weighted by Gasteiger charge is 2.41. The van der Waals surface area contributed by atoms with E-state index in [0.29, 0.717) is 17.9 Å². The lowest BCUT2D eigenvalue weighted by molar-refractivity contribution is 0.309. The summed E-state index contributed by atoms with van der Waals surface area (Å²) in [5, 5.41) is 5.48. The highest BCUT2D eigenvalue weighted by atomic mass is 32.1. The highest BCUT2D eigenvalue weighted by Crippen LogP contribution is 2.45. The minimum atomic E-state index is 0.553. The Morgan fingerprint density at radius 2 is 2.29 bits per heavy atom. The molecule has 24 heavy (non-hydrogen) atoms. The van der Waals surface area contributed by atoms with Crippen molar-refractivity contribution in [2.24, 2.45) is 10.4 Å². The molecule has 3 heterocycles. The van der Waals surface area contributed by atoms with Gasteiger partial charge in [0.25, 0.3) is 0 Å². The molecule has 5 nitrogen and oxygen atoms in total. The van der Waals surface area contributed by atoms with Crippen molar-refractivity contribution in [1.29, 1.82) is 0 Å². The molecule has 128 valence electrons. The minimum absolute atomic E-state index is 0.553. The second kappa shape index (κ2) is 6.59. The monoisotopic (exact) mass is 344 g/mol. The third-order valence-electron chi connectivity index (χ3n) is 5.33. The number of nitrogens with zero attached hydrogens (tertiary/aromatic N) is 3. The standard InChI is InChI=1S/C18H24N4OS/c1-19-17(22-9-8-18(13-22)6-2-3-7-18)20-11-14-12-23-16(21-14)15-5-4-10-24-15/h4-5,10,12H,2-3,6-9,11,13H2,1H3,(H,19,20). The van der Waals surface area contributed by atoms with Gasteiger partial charge in [-0.3, -0.25) is 4.99 Å². The molecular weight excluding hydrogens is 320 g/mol. The number of likely N-dealkylation sites (tertiary alicyclic amines) is 1. The van der Waals surface area contributed by atoms with E-state index in [1.165, 1.54) is 32.1 Å². The molecule has 2 aromatic rings. The molecule has 4 rings (SSSR count). The summed E-state index contributed by atoms with van der Waals surface area (Å²) in [6.45, 7) is 2.90. The van der Waals surface area contributed by atoms with E-state index in [4.69, 9.17) is 4.42 Å². The number of oxazole rings is 1. The quantitative estimate of drug-likeness (QED) is 0.681. The summed E-state index contributed by atoms with van der Waals surface area (Å²) in [5.41, 5.74) is 1.46. The Bertz CT molecular complexity index is 700. The Labute approximate surface area is 146 Å². The summed E-state index contributed by atoms with van der Waals surface area (Å²) in [6.07, 6.45) is 8.59. The Balaban J connectivity index is 1.36. The van der Waals surface area contributed by atoms with E-state index in [1.54, 1.807) is 17.6 Å². The van der Waals surface area contributed by atoms with Crippen LogP contribution in [0.15, 0.2) is 33.2 Å². The first-order chi connectivity index (χ1) is 11.8. The lowest BCUT2D eigenvalue weighted by Gasteiger charge is -2.25. The van der Waals surface area contributed by atoms with Crippen molar-refractivity contribution >= 4 is 17.3 Å². The number of aromatic nitrogens is 1. The highest BCUT2D eigenvalue weighted by molar-refractivity contribution is 7.13. The third kappa shape index (κ3) is 3.07. The molecule has 1 aliphatic heterocycles. The molecule has 0 bridgehead atoms. The first-order valence-corrected chi connectivity index (χ1v) is 9.60. The number of thiophene rings is 1. The summed E-state index contributed by atoms with van der Waals surface area (Å²) in [4.78, 5) is 12.5. The summed E-state index contributed by atoms with van der Waals surface area (Å²) in [5.74, 6) is 1.68. The van der Waals surface area contributed by atoms with Gasteiger partial charge in [-0.15, -0.1) is 11.3 Å². The van der Waals surface area contributed by atoms with Crippen LogP contribution in [0.1, 0.15) is 37.8 Å². The van der Waals surface area contributed by atoms with Crippen LogP contribution in [0.4, 0.5) is 0 Å². The fourth-order valence-electron chi connectivity index (χ4n) is 4.05. The number of nitrogens with one attached hydrogen (secondary N) is 1. The first kappa shape index (κ1) is 15.7. The Kier molecular flexibility index (Phi) is 4.31. The van der Waals surface area contributed by atoms with Crippen molar-refractivity contribution in [3.05, 3.63) is 29.5 Å². The SMILES string of the molecule is CN=C(NCc1coc(-c2cccs2)n1)N1CCC2(CCCC2)C1. The zero-order valence-electron chi connectivity index (χ0n) is 14.1. The molecular formula is C18H24N4OS. The summed E-state index contributed by atoms with van der Waals surface area (Å²) < 4.78 is 5.58. The van der Waals surface area contributed by atoms with E-state index in [-0.39, 0.29) is 0 Å². The molecule has 1 N–H and O–H groups in total. The van der Waals surface area contributed by atoms with Gasteiger partial charge in [-0.25, -0.2) is 4.98 Å². The van der Waals surface area contributed by atoms with Gasteiger partial charge in [-0.2, -0.15) is 0 Å². The van der Waals surface area contributed by atoms with Gasteiger partial charge in [0.15, 0.2) is 5.96 Å². The van der Waals surface area contributed by atoms with E-state index in [9.17, 15) is 0 Å². The fraction of sp³-hybridized carbons (Fsp3) is 0.556. The summed E-state index contributed by atoms with van der Waals surface area (Å²) in [7, 11) is 1.86. The number of hydrogen-bond acceptors (Lipinski definition) is 4. The minimum Gasteiger partial charge on any atom is -0.443 e. The van der Waals surface area contributed by atoms with Crippen LogP contribution in [0.5, 0.6) is 0 Å². The maximum absolute atomic E-state index is 5.58. The zero-order valence-corrected chi connectivity index (χ0v) is 14.9. The van der Waals surface area contributed by atoms with E-state index >= 15 is 0 Å². The second-order valence-electron chi connectivity index (χ2n) is 6.90. The van der Waals surface area contributed by atoms with Gasteiger partial charge in [0, 0.05) is 20.1 Å². The lowest BCUT2D eigenvalue weighted by atomic mass is 9.86. The van der Waals surface area contributed by atoms with E-state index < -0.39 is 0 Å². The average Bonchev–Trinajstić information content (AvgIpc) is 3.37. The van der Waals surface area contributed by atoms with Crippen LogP contribution in [0, 0.1) is 5.41 Å². The molecule has 2 aliphatic rings. The van der Waals surface area contributed by atoms with Crippen LogP contribution < -0.4 is 5.32 Å². The van der Waals surface area contributed by atoms with E-state index in [0.717, 1.165) is 29.6 Å². The number of aliphatic imine (C=N–C) groups is 1. The Hall–Kier alpha value is -1.82. The van der Waals surface area contributed by atoms with Gasteiger partial charge in [-0.1, -0.05) is 18.9 Å². The smallest absolute Gasteiger partial charge is 0.236 e. The Morgan fingerprint density at radius 3 is 3.04 bits per heavy atom. The van der Waals surface area contributed by atoms with Crippen molar-refractivity contribution in [2.45, 2.75) is 38.6 Å². The second-order valence-corrected chi connectivity index (χ2v) is 7.85. The molecule has 0 unspecified atom stereocenters. The van der Waals surface area contributed by atoms with Gasteiger partial charge < -0.3 is 14.6 Å². The van der Waals surface area contributed by atoms with Crippen molar-refractivity contribution in [3.63, 3.8) is 0 Å². The molecule has 1 spiro atoms. The van der Waals surface area contributed by atoms with E-state index in [1.807, 2.05) is 24.6 Å². The van der Waals surface area contributed by atoms with Gasteiger partial charge in [0.2, 0.25) is 5.89 Å². The number of hydrogen-bond donors (Lipinski definition) is 1.